The van der Waals surface area contributed by atoms with E-state index in [-0.39, 0.29) is 5.60 Å². The van der Waals surface area contributed by atoms with Gasteiger partial charge in [0.05, 0.1) is 5.60 Å². The predicted octanol–water partition coefficient (Wildman–Crippen LogP) is 1.16. The van der Waals surface area contributed by atoms with Crippen molar-refractivity contribution in [3.05, 3.63) is 0 Å². The number of methoxy groups -OCH3 is 1. The van der Waals surface area contributed by atoms with Crippen molar-refractivity contribution in [2.45, 2.75) is 37.8 Å². The topological polar surface area (TPSA) is 21.3 Å². The molecule has 1 rings (SSSR count). The Morgan fingerprint density at radius 2 is 2.20 bits per heavy atom. The van der Waals surface area contributed by atoms with Crippen molar-refractivity contribution in [3.63, 3.8) is 0 Å². The van der Waals surface area contributed by atoms with Crippen LogP contribution in [-0.4, -0.2) is 25.8 Å². The molecule has 0 heterocycles. The maximum Gasteiger partial charge on any atom is 0.0695 e. The molecule has 0 radical (unpaired) electrons. The average molecular weight is 143 g/mol. The van der Waals surface area contributed by atoms with Crippen LogP contribution in [0, 0.1) is 0 Å². The number of nitrogens with one attached hydrogen (secondary N) is 1. The van der Waals surface area contributed by atoms with Crippen LogP contribution in [0.1, 0.15) is 26.2 Å². The Bertz CT molecular complexity index is 110. The summed E-state index contributed by atoms with van der Waals surface area (Å²) >= 11 is 0. The van der Waals surface area contributed by atoms with E-state index in [0.29, 0.717) is 6.04 Å². The molecule has 1 fully saturated rings. The predicted molar refractivity (Wildman–Crippen MR) is 42.1 cm³/mol. The highest BCUT2D eigenvalue weighted by Gasteiger charge is 2.43. The minimum atomic E-state index is 0.252. The van der Waals surface area contributed by atoms with E-state index in [1.165, 1.54) is 12.8 Å². The summed E-state index contributed by atoms with van der Waals surface area (Å²) in [6.07, 6.45) is 3.64. The number of rotatable bonds is 4. The second kappa shape index (κ2) is 2.89. The van der Waals surface area contributed by atoms with Gasteiger partial charge in [-0.1, -0.05) is 0 Å². The van der Waals surface area contributed by atoms with Gasteiger partial charge in [0.25, 0.3) is 0 Å². The first-order valence-electron chi connectivity index (χ1n) is 3.95. The fourth-order valence-electron chi connectivity index (χ4n) is 1.29. The molecule has 1 unspecified atom stereocenters. The Balaban J connectivity index is 2.23. The van der Waals surface area contributed by atoms with E-state index in [1.807, 2.05) is 14.2 Å². The first kappa shape index (κ1) is 8.02. The van der Waals surface area contributed by atoms with E-state index in [4.69, 9.17) is 4.74 Å². The lowest BCUT2D eigenvalue weighted by Gasteiger charge is -2.17. The molecule has 1 saturated carbocycles. The first-order chi connectivity index (χ1) is 4.72. The SMILES string of the molecule is CNC(C)CC1(OC)CC1. The highest BCUT2D eigenvalue weighted by Crippen LogP contribution is 2.42. The molecule has 0 bridgehead atoms. The molecule has 2 heteroatoms. The monoisotopic (exact) mass is 143 g/mol. The van der Waals surface area contributed by atoms with E-state index in [0.717, 1.165) is 6.42 Å². The molecule has 0 spiro atoms. The molecule has 0 amide bonds. The molecule has 0 aromatic heterocycles. The second-order valence-electron chi connectivity index (χ2n) is 3.28. The molecular weight excluding hydrogens is 126 g/mol. The number of hydrogen-bond donors (Lipinski definition) is 1. The molecule has 60 valence electrons. The van der Waals surface area contributed by atoms with Crippen molar-refractivity contribution < 1.29 is 4.74 Å². The van der Waals surface area contributed by atoms with E-state index in [9.17, 15) is 0 Å². The molecule has 0 aromatic rings. The van der Waals surface area contributed by atoms with Crippen LogP contribution in [0.2, 0.25) is 0 Å². The third kappa shape index (κ3) is 1.70. The summed E-state index contributed by atoms with van der Waals surface area (Å²) in [5, 5.41) is 3.22. The summed E-state index contributed by atoms with van der Waals surface area (Å²) in [5.41, 5.74) is 0.252. The summed E-state index contributed by atoms with van der Waals surface area (Å²) in [7, 11) is 3.81. The fourth-order valence-corrected chi connectivity index (χ4v) is 1.29. The van der Waals surface area contributed by atoms with Crippen LogP contribution in [0.15, 0.2) is 0 Å². The number of hydrogen-bond acceptors (Lipinski definition) is 2. The summed E-state index contributed by atoms with van der Waals surface area (Å²) in [6, 6.07) is 0.586. The highest BCUT2D eigenvalue weighted by molar-refractivity contribution is 4.97. The Hall–Kier alpha value is -0.0800. The second-order valence-corrected chi connectivity index (χ2v) is 3.28. The van der Waals surface area contributed by atoms with E-state index in [1.54, 1.807) is 0 Å². The Morgan fingerprint density at radius 3 is 2.50 bits per heavy atom. The zero-order valence-electron chi connectivity index (χ0n) is 7.11. The maximum atomic E-state index is 5.38. The van der Waals surface area contributed by atoms with Crippen LogP contribution in [0.5, 0.6) is 0 Å². The molecule has 1 aliphatic carbocycles. The van der Waals surface area contributed by atoms with E-state index >= 15 is 0 Å². The summed E-state index contributed by atoms with van der Waals surface area (Å²) < 4.78 is 5.38. The summed E-state index contributed by atoms with van der Waals surface area (Å²) in [5.74, 6) is 0. The van der Waals surface area contributed by atoms with Gasteiger partial charge >= 0.3 is 0 Å². The maximum absolute atomic E-state index is 5.38. The van der Waals surface area contributed by atoms with Gasteiger partial charge in [-0.15, -0.1) is 0 Å². The van der Waals surface area contributed by atoms with Gasteiger partial charge in [0, 0.05) is 13.2 Å². The third-order valence-electron chi connectivity index (χ3n) is 2.41. The normalized spacial score (nSPS) is 24.3. The largest absolute Gasteiger partial charge is 0.378 e. The minimum Gasteiger partial charge on any atom is -0.378 e. The van der Waals surface area contributed by atoms with E-state index < -0.39 is 0 Å². The first-order valence-corrected chi connectivity index (χ1v) is 3.95. The molecule has 1 N–H and O–H groups in total. The smallest absolute Gasteiger partial charge is 0.0695 e. The summed E-state index contributed by atoms with van der Waals surface area (Å²) in [4.78, 5) is 0. The lowest BCUT2D eigenvalue weighted by molar-refractivity contribution is 0.0656. The molecule has 10 heavy (non-hydrogen) atoms. The van der Waals surface area contributed by atoms with Gasteiger partial charge in [-0.05, 0) is 33.2 Å². The fraction of sp³-hybridized carbons (Fsp3) is 1.00. The zero-order valence-corrected chi connectivity index (χ0v) is 7.11. The Labute approximate surface area is 63.0 Å². The van der Waals surface area contributed by atoms with Crippen LogP contribution in [0.3, 0.4) is 0 Å². The van der Waals surface area contributed by atoms with Crippen molar-refractivity contribution in [1.82, 2.24) is 5.32 Å². The molecule has 0 aliphatic heterocycles. The molecule has 0 saturated heterocycles. The van der Waals surface area contributed by atoms with Gasteiger partial charge in [-0.2, -0.15) is 0 Å². The van der Waals surface area contributed by atoms with Crippen molar-refractivity contribution in [2.24, 2.45) is 0 Å². The molecule has 1 aliphatic rings. The average Bonchev–Trinajstić information content (AvgIpc) is 2.70. The van der Waals surface area contributed by atoms with Crippen LogP contribution >= 0.6 is 0 Å². The standard InChI is InChI=1S/C8H17NO/c1-7(9-2)6-8(10-3)4-5-8/h7,9H,4-6H2,1-3H3. The minimum absolute atomic E-state index is 0.252. The van der Waals surface area contributed by atoms with Crippen molar-refractivity contribution >= 4 is 0 Å². The van der Waals surface area contributed by atoms with Gasteiger partial charge in [0.2, 0.25) is 0 Å². The van der Waals surface area contributed by atoms with Crippen molar-refractivity contribution in [3.8, 4) is 0 Å². The quantitative estimate of drug-likeness (QED) is 0.637. The van der Waals surface area contributed by atoms with Crippen LogP contribution in [0.4, 0.5) is 0 Å². The van der Waals surface area contributed by atoms with Crippen LogP contribution in [-0.2, 0) is 4.74 Å². The van der Waals surface area contributed by atoms with Crippen molar-refractivity contribution in [2.75, 3.05) is 14.2 Å². The van der Waals surface area contributed by atoms with Gasteiger partial charge in [0.1, 0.15) is 0 Å². The molecule has 1 atom stereocenters. The van der Waals surface area contributed by atoms with Crippen LogP contribution < -0.4 is 5.32 Å². The lowest BCUT2D eigenvalue weighted by atomic mass is 10.1. The van der Waals surface area contributed by atoms with Gasteiger partial charge in [-0.25, -0.2) is 0 Å². The zero-order chi connectivity index (χ0) is 7.61. The van der Waals surface area contributed by atoms with Gasteiger partial charge in [-0.3, -0.25) is 0 Å². The molecule has 2 nitrogen and oxygen atoms in total. The Kier molecular flexibility index (Phi) is 2.32. The number of ether oxygens (including phenoxy) is 1. The summed E-state index contributed by atoms with van der Waals surface area (Å²) in [6.45, 7) is 2.19. The lowest BCUT2D eigenvalue weighted by Crippen LogP contribution is -2.28. The van der Waals surface area contributed by atoms with E-state index in [2.05, 4.69) is 12.2 Å². The van der Waals surface area contributed by atoms with Gasteiger partial charge in [0.15, 0.2) is 0 Å². The Morgan fingerprint density at radius 1 is 1.60 bits per heavy atom. The van der Waals surface area contributed by atoms with Crippen molar-refractivity contribution in [1.29, 1.82) is 0 Å². The van der Waals surface area contributed by atoms with Gasteiger partial charge < -0.3 is 10.1 Å². The third-order valence-corrected chi connectivity index (χ3v) is 2.41. The molecule has 0 aromatic carbocycles. The highest BCUT2D eigenvalue weighted by atomic mass is 16.5. The molecular formula is C8H17NO. The van der Waals surface area contributed by atoms with Crippen LogP contribution in [0.25, 0.3) is 0 Å².